The zero-order valence-electron chi connectivity index (χ0n) is 13.1. The first kappa shape index (κ1) is 14.8. The zero-order chi connectivity index (χ0) is 16.7. The number of hydrogen-bond acceptors (Lipinski definition) is 5. The molecular formula is C16H18N4O4. The summed E-state index contributed by atoms with van der Waals surface area (Å²) in [6, 6.07) is 5.23. The number of carboxylic acids is 1. The molecule has 2 fully saturated rings. The van der Waals surface area contributed by atoms with E-state index in [-0.39, 0.29) is 11.6 Å². The van der Waals surface area contributed by atoms with Crippen LogP contribution in [0.1, 0.15) is 16.8 Å². The number of anilines is 1. The molecule has 126 valence electrons. The lowest BCUT2D eigenvalue weighted by Crippen LogP contribution is -2.55. The van der Waals surface area contributed by atoms with Crippen LogP contribution < -0.4 is 4.90 Å². The molecule has 0 bridgehead atoms. The molecule has 0 saturated carbocycles. The number of urea groups is 1. The van der Waals surface area contributed by atoms with E-state index in [4.69, 9.17) is 9.52 Å². The third kappa shape index (κ3) is 2.53. The molecule has 0 atom stereocenters. The van der Waals surface area contributed by atoms with Gasteiger partial charge in [0.15, 0.2) is 5.58 Å². The summed E-state index contributed by atoms with van der Waals surface area (Å²) in [5.41, 5.74) is 1.28. The Kier molecular flexibility index (Phi) is 3.51. The molecule has 0 spiro atoms. The van der Waals surface area contributed by atoms with Gasteiger partial charge in [-0.1, -0.05) is 0 Å². The minimum atomic E-state index is -0.987. The number of aromatic nitrogens is 1. The molecule has 2 amide bonds. The van der Waals surface area contributed by atoms with Gasteiger partial charge in [0, 0.05) is 39.3 Å². The first-order chi connectivity index (χ1) is 11.6. The molecule has 2 aliphatic rings. The maximum absolute atomic E-state index is 12.2. The van der Waals surface area contributed by atoms with Gasteiger partial charge in [0.1, 0.15) is 5.52 Å². The van der Waals surface area contributed by atoms with Crippen molar-refractivity contribution in [2.45, 2.75) is 6.42 Å². The Hall–Kier alpha value is -2.77. The van der Waals surface area contributed by atoms with Gasteiger partial charge in [-0.05, 0) is 24.6 Å². The lowest BCUT2D eigenvalue weighted by atomic mass is 10.2. The summed E-state index contributed by atoms with van der Waals surface area (Å²) in [5.74, 6) is -0.987. The third-order valence-electron chi connectivity index (χ3n) is 4.57. The van der Waals surface area contributed by atoms with Crippen molar-refractivity contribution in [1.29, 1.82) is 0 Å². The van der Waals surface area contributed by atoms with E-state index in [1.165, 1.54) is 12.1 Å². The van der Waals surface area contributed by atoms with Gasteiger partial charge in [-0.3, -0.25) is 0 Å². The van der Waals surface area contributed by atoms with Gasteiger partial charge >= 0.3 is 12.0 Å². The Morgan fingerprint density at radius 1 is 1.04 bits per heavy atom. The highest BCUT2D eigenvalue weighted by Gasteiger charge is 2.29. The molecule has 1 N–H and O–H groups in total. The van der Waals surface area contributed by atoms with E-state index in [1.807, 2.05) is 14.7 Å². The van der Waals surface area contributed by atoms with Crippen molar-refractivity contribution in [3.05, 3.63) is 23.8 Å². The van der Waals surface area contributed by atoms with Crippen LogP contribution in [0.5, 0.6) is 0 Å². The molecule has 2 aromatic rings. The number of fused-ring (bicyclic) bond motifs is 1. The predicted octanol–water partition coefficient (Wildman–Crippen LogP) is 1.47. The molecule has 8 heteroatoms. The van der Waals surface area contributed by atoms with Crippen molar-refractivity contribution < 1.29 is 19.1 Å². The number of amides is 2. The van der Waals surface area contributed by atoms with Gasteiger partial charge in [0.25, 0.3) is 6.01 Å². The van der Waals surface area contributed by atoms with Crippen molar-refractivity contribution in [3.8, 4) is 0 Å². The first-order valence-corrected chi connectivity index (χ1v) is 8.04. The summed E-state index contributed by atoms with van der Waals surface area (Å²) in [4.78, 5) is 33.3. The fourth-order valence-corrected chi connectivity index (χ4v) is 2.98. The quantitative estimate of drug-likeness (QED) is 0.897. The minimum Gasteiger partial charge on any atom is -0.478 e. The molecule has 2 aliphatic heterocycles. The highest BCUT2D eigenvalue weighted by molar-refractivity contribution is 5.92. The van der Waals surface area contributed by atoms with Crippen LogP contribution in [0.25, 0.3) is 11.1 Å². The molecule has 2 saturated heterocycles. The Bertz CT molecular complexity index is 790. The normalized spacial score (nSPS) is 17.9. The number of carboxylic acid groups (broad SMARTS) is 1. The SMILES string of the molecule is O=C(O)c1ccc2oc(N3CCN(C(=O)N4CCC4)CC3)nc2c1. The van der Waals surface area contributed by atoms with E-state index in [2.05, 4.69) is 4.98 Å². The predicted molar refractivity (Wildman–Crippen MR) is 86.3 cm³/mol. The Labute approximate surface area is 138 Å². The monoisotopic (exact) mass is 330 g/mol. The van der Waals surface area contributed by atoms with Gasteiger partial charge < -0.3 is 24.2 Å². The summed E-state index contributed by atoms with van der Waals surface area (Å²) in [6.45, 7) is 4.28. The summed E-state index contributed by atoms with van der Waals surface area (Å²) >= 11 is 0. The molecule has 0 unspecified atom stereocenters. The number of benzene rings is 1. The van der Waals surface area contributed by atoms with Gasteiger partial charge in [-0.25, -0.2) is 9.59 Å². The second-order valence-electron chi connectivity index (χ2n) is 6.08. The van der Waals surface area contributed by atoms with Crippen LogP contribution in [0.3, 0.4) is 0 Å². The summed E-state index contributed by atoms with van der Waals surface area (Å²) < 4.78 is 5.73. The lowest BCUT2D eigenvalue weighted by molar-refractivity contribution is 0.0697. The first-order valence-electron chi connectivity index (χ1n) is 8.04. The largest absolute Gasteiger partial charge is 0.478 e. The third-order valence-corrected chi connectivity index (χ3v) is 4.57. The second-order valence-corrected chi connectivity index (χ2v) is 6.08. The van der Waals surface area contributed by atoms with E-state index in [0.29, 0.717) is 43.3 Å². The van der Waals surface area contributed by atoms with Crippen LogP contribution in [0.15, 0.2) is 22.6 Å². The van der Waals surface area contributed by atoms with Crippen molar-refractivity contribution in [1.82, 2.24) is 14.8 Å². The number of piperazine rings is 1. The van der Waals surface area contributed by atoms with Crippen molar-refractivity contribution >= 4 is 29.1 Å². The van der Waals surface area contributed by atoms with E-state index in [1.54, 1.807) is 6.07 Å². The molecule has 8 nitrogen and oxygen atoms in total. The summed E-state index contributed by atoms with van der Waals surface area (Å²) in [5, 5.41) is 9.04. The minimum absolute atomic E-state index is 0.115. The molecular weight excluding hydrogens is 312 g/mol. The number of aromatic carboxylic acids is 1. The number of likely N-dealkylation sites (tertiary alicyclic amines) is 1. The molecule has 4 rings (SSSR count). The van der Waals surface area contributed by atoms with Crippen LogP contribution >= 0.6 is 0 Å². The fraction of sp³-hybridized carbons (Fsp3) is 0.438. The van der Waals surface area contributed by atoms with E-state index >= 15 is 0 Å². The molecule has 1 aromatic carbocycles. The maximum atomic E-state index is 12.2. The Morgan fingerprint density at radius 2 is 1.75 bits per heavy atom. The van der Waals surface area contributed by atoms with Gasteiger partial charge in [0.05, 0.1) is 5.56 Å². The smallest absolute Gasteiger partial charge is 0.335 e. The second kappa shape index (κ2) is 5.70. The average molecular weight is 330 g/mol. The molecule has 1 aromatic heterocycles. The highest BCUT2D eigenvalue weighted by atomic mass is 16.4. The van der Waals surface area contributed by atoms with Crippen molar-refractivity contribution in [2.75, 3.05) is 44.2 Å². The van der Waals surface area contributed by atoms with Crippen LogP contribution in [-0.4, -0.2) is 71.2 Å². The Morgan fingerprint density at radius 3 is 2.38 bits per heavy atom. The zero-order valence-corrected chi connectivity index (χ0v) is 13.1. The van der Waals surface area contributed by atoms with Crippen LogP contribution in [0, 0.1) is 0 Å². The van der Waals surface area contributed by atoms with Crippen molar-refractivity contribution in [2.24, 2.45) is 0 Å². The molecule has 0 aliphatic carbocycles. The van der Waals surface area contributed by atoms with Crippen LogP contribution in [0.4, 0.5) is 10.8 Å². The number of rotatable bonds is 2. The van der Waals surface area contributed by atoms with Gasteiger partial charge in [-0.15, -0.1) is 0 Å². The summed E-state index contributed by atoms with van der Waals surface area (Å²) in [6.07, 6.45) is 1.09. The number of carbonyl (C=O) groups excluding carboxylic acids is 1. The number of nitrogens with zero attached hydrogens (tertiary/aromatic N) is 4. The van der Waals surface area contributed by atoms with Crippen LogP contribution in [-0.2, 0) is 0 Å². The topological polar surface area (TPSA) is 90.1 Å². The fourth-order valence-electron chi connectivity index (χ4n) is 2.98. The number of hydrogen-bond donors (Lipinski definition) is 1. The van der Waals surface area contributed by atoms with Gasteiger partial charge in [-0.2, -0.15) is 4.98 Å². The molecule has 24 heavy (non-hydrogen) atoms. The van der Waals surface area contributed by atoms with Gasteiger partial charge in [0.2, 0.25) is 0 Å². The van der Waals surface area contributed by atoms with Crippen molar-refractivity contribution in [3.63, 3.8) is 0 Å². The van der Waals surface area contributed by atoms with E-state index in [0.717, 1.165) is 19.5 Å². The molecule has 3 heterocycles. The number of carbonyl (C=O) groups is 2. The lowest BCUT2D eigenvalue weighted by Gasteiger charge is -2.39. The standard InChI is InChI=1S/C16H18N4O4/c21-14(22)11-2-3-13-12(10-11)17-15(24-13)18-6-8-20(9-7-18)16(23)19-4-1-5-19/h2-3,10H,1,4-9H2,(H,21,22). The highest BCUT2D eigenvalue weighted by Crippen LogP contribution is 2.24. The average Bonchev–Trinajstić information content (AvgIpc) is 2.96. The summed E-state index contributed by atoms with van der Waals surface area (Å²) in [7, 11) is 0. The maximum Gasteiger partial charge on any atom is 0.335 e. The van der Waals surface area contributed by atoms with E-state index < -0.39 is 5.97 Å². The number of oxazole rings is 1. The molecule has 0 radical (unpaired) electrons. The van der Waals surface area contributed by atoms with Crippen LogP contribution in [0.2, 0.25) is 0 Å². The van der Waals surface area contributed by atoms with E-state index in [9.17, 15) is 9.59 Å². The Balaban J connectivity index is 1.46.